The minimum atomic E-state index is 0.536. The summed E-state index contributed by atoms with van der Waals surface area (Å²) >= 11 is 1.95. The maximum absolute atomic E-state index is 3.57. The molecule has 108 valence electrons. The van der Waals surface area contributed by atoms with Gasteiger partial charge in [0.1, 0.15) is 0 Å². The molecule has 0 aliphatic heterocycles. The third-order valence-electron chi connectivity index (χ3n) is 4.03. The van der Waals surface area contributed by atoms with E-state index in [2.05, 4.69) is 55.4 Å². The molecule has 3 rings (SSSR count). The van der Waals surface area contributed by atoms with Crippen molar-refractivity contribution in [2.24, 2.45) is 0 Å². The third kappa shape index (κ3) is 3.05. The third-order valence-corrected chi connectivity index (χ3v) is 5.24. The molecule has 1 aromatic carbocycles. The molecule has 1 aliphatic rings. The minimum Gasteiger partial charge on any atom is -0.310 e. The lowest BCUT2D eigenvalue weighted by Gasteiger charge is -2.17. The van der Waals surface area contributed by atoms with Crippen molar-refractivity contribution in [2.45, 2.75) is 51.9 Å². The molecular weight excluding hydrogens is 264 g/mol. The summed E-state index contributed by atoms with van der Waals surface area (Å²) in [5.41, 5.74) is 1.54. The van der Waals surface area contributed by atoms with Gasteiger partial charge in [0.25, 0.3) is 0 Å². The Morgan fingerprint density at radius 2 is 2.05 bits per heavy atom. The van der Waals surface area contributed by atoms with Crippen molar-refractivity contribution in [2.75, 3.05) is 7.05 Å². The smallest absolute Gasteiger partial charge is 0.0349 e. The Labute approximate surface area is 125 Å². The van der Waals surface area contributed by atoms with E-state index in [4.69, 9.17) is 0 Å². The summed E-state index contributed by atoms with van der Waals surface area (Å²) in [6.07, 6.45) is 2.75. The number of nitrogens with one attached hydrogen (secondary N) is 1. The molecule has 20 heavy (non-hydrogen) atoms. The first-order valence-corrected chi connectivity index (χ1v) is 8.39. The van der Waals surface area contributed by atoms with Crippen LogP contribution < -0.4 is 5.32 Å². The van der Waals surface area contributed by atoms with Crippen LogP contribution in [-0.2, 0) is 13.1 Å². The van der Waals surface area contributed by atoms with Crippen molar-refractivity contribution < 1.29 is 0 Å². The van der Waals surface area contributed by atoms with Crippen molar-refractivity contribution in [1.82, 2.24) is 10.2 Å². The van der Waals surface area contributed by atoms with E-state index in [9.17, 15) is 0 Å². The zero-order valence-electron chi connectivity index (χ0n) is 12.6. The van der Waals surface area contributed by atoms with Crippen molar-refractivity contribution in [3.8, 4) is 0 Å². The van der Waals surface area contributed by atoms with Crippen LogP contribution in [0.2, 0.25) is 0 Å². The Bertz CT molecular complexity index is 584. The first-order valence-electron chi connectivity index (χ1n) is 7.58. The molecule has 0 saturated heterocycles. The van der Waals surface area contributed by atoms with Gasteiger partial charge in [0.15, 0.2) is 0 Å². The minimum absolute atomic E-state index is 0.536. The summed E-state index contributed by atoms with van der Waals surface area (Å²) in [6, 6.07) is 10.2. The van der Waals surface area contributed by atoms with Crippen LogP contribution in [0.15, 0.2) is 24.3 Å². The van der Waals surface area contributed by atoms with Crippen molar-refractivity contribution in [1.29, 1.82) is 0 Å². The normalized spacial score (nSPS) is 15.7. The monoisotopic (exact) mass is 288 g/mol. The first kappa shape index (κ1) is 14.1. The predicted molar refractivity (Wildman–Crippen MR) is 88.3 cm³/mol. The molecule has 1 saturated carbocycles. The van der Waals surface area contributed by atoms with Gasteiger partial charge in [0.2, 0.25) is 0 Å². The highest BCUT2D eigenvalue weighted by Gasteiger charge is 2.27. The molecule has 1 aromatic heterocycles. The highest BCUT2D eigenvalue weighted by molar-refractivity contribution is 7.19. The van der Waals surface area contributed by atoms with E-state index in [1.165, 1.54) is 33.4 Å². The molecule has 1 aliphatic carbocycles. The van der Waals surface area contributed by atoms with Crippen LogP contribution in [0.4, 0.5) is 0 Å². The summed E-state index contributed by atoms with van der Waals surface area (Å²) in [4.78, 5) is 4.03. The Kier molecular flexibility index (Phi) is 4.11. The van der Waals surface area contributed by atoms with Crippen molar-refractivity contribution in [3.05, 3.63) is 34.7 Å². The van der Waals surface area contributed by atoms with Gasteiger partial charge in [-0.15, -0.1) is 11.3 Å². The second-order valence-corrected chi connectivity index (χ2v) is 7.32. The van der Waals surface area contributed by atoms with Crippen LogP contribution in [0.5, 0.6) is 0 Å². The Morgan fingerprint density at radius 3 is 2.75 bits per heavy atom. The van der Waals surface area contributed by atoms with Crippen molar-refractivity contribution >= 4 is 21.4 Å². The molecule has 0 unspecified atom stereocenters. The van der Waals surface area contributed by atoms with Crippen molar-refractivity contribution in [3.63, 3.8) is 0 Å². The van der Waals surface area contributed by atoms with Gasteiger partial charge in [-0.2, -0.15) is 0 Å². The fourth-order valence-electron chi connectivity index (χ4n) is 2.66. The molecule has 2 aromatic rings. The fourth-order valence-corrected chi connectivity index (χ4v) is 3.82. The quantitative estimate of drug-likeness (QED) is 0.864. The second kappa shape index (κ2) is 5.84. The Morgan fingerprint density at radius 1 is 1.30 bits per heavy atom. The van der Waals surface area contributed by atoms with Gasteiger partial charge in [0, 0.05) is 34.8 Å². The molecule has 3 heteroatoms. The van der Waals surface area contributed by atoms with Gasteiger partial charge in [-0.05, 0) is 36.9 Å². The number of rotatable bonds is 6. The average Bonchev–Trinajstić information content (AvgIpc) is 3.21. The highest BCUT2D eigenvalue weighted by atomic mass is 32.1. The summed E-state index contributed by atoms with van der Waals surface area (Å²) in [7, 11) is 2.27. The van der Waals surface area contributed by atoms with E-state index in [1.54, 1.807) is 0 Å². The van der Waals surface area contributed by atoms with E-state index in [-0.39, 0.29) is 0 Å². The van der Waals surface area contributed by atoms with Crippen LogP contribution >= 0.6 is 11.3 Å². The maximum atomic E-state index is 3.57. The summed E-state index contributed by atoms with van der Waals surface area (Å²) in [6.45, 7) is 6.50. The summed E-state index contributed by atoms with van der Waals surface area (Å²) in [5.74, 6) is 0. The average molecular weight is 288 g/mol. The number of hydrogen-bond donors (Lipinski definition) is 1. The van der Waals surface area contributed by atoms with Crippen LogP contribution in [0.25, 0.3) is 10.1 Å². The number of hydrogen-bond acceptors (Lipinski definition) is 3. The topological polar surface area (TPSA) is 15.3 Å². The molecule has 0 spiro atoms. The standard InChI is InChI=1S/C17H24N2S/c1-12(2)18-10-17-15(11-19(3)13-8-9-13)14-6-4-5-7-16(14)20-17/h4-7,12-13,18H,8-11H2,1-3H3. The largest absolute Gasteiger partial charge is 0.310 e. The molecule has 1 fully saturated rings. The molecule has 1 N–H and O–H groups in total. The molecule has 0 bridgehead atoms. The SMILES string of the molecule is CC(C)NCc1sc2ccccc2c1CN(C)C1CC1. The predicted octanol–water partition coefficient (Wildman–Crippen LogP) is 3.99. The van der Waals surface area contributed by atoms with Gasteiger partial charge in [-0.25, -0.2) is 0 Å². The van der Waals surface area contributed by atoms with Gasteiger partial charge >= 0.3 is 0 Å². The highest BCUT2D eigenvalue weighted by Crippen LogP contribution is 2.34. The summed E-state index contributed by atoms with van der Waals surface area (Å²) < 4.78 is 1.42. The zero-order chi connectivity index (χ0) is 14.1. The second-order valence-electron chi connectivity index (χ2n) is 6.18. The number of benzene rings is 1. The number of fused-ring (bicyclic) bond motifs is 1. The van der Waals surface area contributed by atoms with Crippen LogP contribution in [0.3, 0.4) is 0 Å². The maximum Gasteiger partial charge on any atom is 0.0349 e. The van der Waals surface area contributed by atoms with Crippen LogP contribution in [0.1, 0.15) is 37.1 Å². The lowest BCUT2D eigenvalue weighted by molar-refractivity contribution is 0.317. The lowest BCUT2D eigenvalue weighted by atomic mass is 10.1. The molecule has 0 amide bonds. The van der Waals surface area contributed by atoms with Crippen LogP contribution in [-0.4, -0.2) is 24.0 Å². The first-order chi connectivity index (χ1) is 9.65. The molecule has 1 heterocycles. The zero-order valence-corrected chi connectivity index (χ0v) is 13.5. The van der Waals surface area contributed by atoms with E-state index < -0.39 is 0 Å². The Balaban J connectivity index is 1.89. The van der Waals surface area contributed by atoms with E-state index in [1.807, 2.05) is 11.3 Å². The van der Waals surface area contributed by atoms with Gasteiger partial charge in [0.05, 0.1) is 0 Å². The summed E-state index contributed by atoms with van der Waals surface area (Å²) in [5, 5.41) is 5.02. The van der Waals surface area contributed by atoms with Gasteiger partial charge < -0.3 is 5.32 Å². The molecule has 0 atom stereocenters. The Hall–Kier alpha value is -0.900. The van der Waals surface area contributed by atoms with E-state index in [0.29, 0.717) is 6.04 Å². The number of nitrogens with zero attached hydrogens (tertiary/aromatic N) is 1. The van der Waals surface area contributed by atoms with Gasteiger partial charge in [-0.3, -0.25) is 4.90 Å². The molecular formula is C17H24N2S. The van der Waals surface area contributed by atoms with Crippen LogP contribution in [0, 0.1) is 0 Å². The van der Waals surface area contributed by atoms with E-state index >= 15 is 0 Å². The van der Waals surface area contributed by atoms with E-state index in [0.717, 1.165) is 19.1 Å². The van der Waals surface area contributed by atoms with Gasteiger partial charge in [-0.1, -0.05) is 32.0 Å². The molecule has 2 nitrogen and oxygen atoms in total. The lowest BCUT2D eigenvalue weighted by Crippen LogP contribution is -2.24. The molecule has 0 radical (unpaired) electrons. The fraction of sp³-hybridized carbons (Fsp3) is 0.529. The number of thiophene rings is 1.